The van der Waals surface area contributed by atoms with Crippen LogP contribution in [0.2, 0.25) is 0 Å². The highest BCUT2D eigenvalue weighted by atomic mass is 16.5. The lowest BCUT2D eigenvalue weighted by atomic mass is 9.69. The van der Waals surface area contributed by atoms with E-state index in [1.807, 2.05) is 32.0 Å². The van der Waals surface area contributed by atoms with Crippen LogP contribution in [0.4, 0.5) is 0 Å². The van der Waals surface area contributed by atoms with E-state index in [4.69, 9.17) is 14.9 Å². The van der Waals surface area contributed by atoms with Crippen molar-refractivity contribution in [1.29, 1.82) is 5.26 Å². The number of ketones is 1. The molecule has 1 atom stereocenters. The van der Waals surface area contributed by atoms with Crippen LogP contribution < -0.4 is 15.9 Å². The number of ether oxygens (including phenoxy) is 1. The smallest absolute Gasteiger partial charge is 0.305 e. The van der Waals surface area contributed by atoms with E-state index >= 15 is 0 Å². The average Bonchev–Trinajstić information content (AvgIpc) is 3.29. The van der Waals surface area contributed by atoms with Crippen LogP contribution in [-0.2, 0) is 4.79 Å². The summed E-state index contributed by atoms with van der Waals surface area (Å²) >= 11 is 0. The normalized spacial score (nSPS) is 20.0. The lowest BCUT2D eigenvalue weighted by molar-refractivity contribution is -0.118. The summed E-state index contributed by atoms with van der Waals surface area (Å²) in [7, 11) is 1.54. The van der Waals surface area contributed by atoms with E-state index in [-0.39, 0.29) is 28.4 Å². The molecule has 8 nitrogen and oxygen atoms in total. The number of rotatable bonds is 4. The Kier molecular flexibility index (Phi) is 5.26. The molecular formula is C24H24N4O4. The van der Waals surface area contributed by atoms with Crippen LogP contribution in [-0.4, -0.2) is 23.8 Å². The summed E-state index contributed by atoms with van der Waals surface area (Å²) in [4.78, 5) is 26.2. The molecule has 2 aliphatic rings. The maximum Gasteiger partial charge on any atom is 0.305 e. The van der Waals surface area contributed by atoms with Crippen molar-refractivity contribution >= 4 is 11.7 Å². The standard InChI is InChI=1S/C24H24N4O4/c1-24(2)11-16-21(17(29)12-24)20(14-7-4-5-8-18(14)31-3)15(13-25)22(26)28(16)27-23(30)19-9-6-10-32-19/h4-10,20H,11-12,26H2,1-3H3,(H,27,30). The third-order valence-electron chi connectivity index (χ3n) is 5.79. The van der Waals surface area contributed by atoms with Gasteiger partial charge in [-0.25, -0.2) is 5.01 Å². The summed E-state index contributed by atoms with van der Waals surface area (Å²) in [5.74, 6) is -0.611. The zero-order valence-corrected chi connectivity index (χ0v) is 18.1. The lowest BCUT2D eigenvalue weighted by Gasteiger charge is -2.43. The molecule has 32 heavy (non-hydrogen) atoms. The molecule has 8 heteroatoms. The number of nitriles is 1. The van der Waals surface area contributed by atoms with Crippen molar-refractivity contribution in [3.8, 4) is 11.8 Å². The Labute approximate surface area is 185 Å². The van der Waals surface area contributed by atoms with Gasteiger partial charge in [-0.1, -0.05) is 32.0 Å². The molecule has 1 aliphatic heterocycles. The number of benzene rings is 1. The van der Waals surface area contributed by atoms with Crippen LogP contribution in [0.3, 0.4) is 0 Å². The molecular weight excluding hydrogens is 408 g/mol. The predicted octanol–water partition coefficient (Wildman–Crippen LogP) is 3.37. The molecule has 0 spiro atoms. The van der Waals surface area contributed by atoms with Crippen LogP contribution >= 0.6 is 0 Å². The average molecular weight is 432 g/mol. The summed E-state index contributed by atoms with van der Waals surface area (Å²) < 4.78 is 10.7. The number of carbonyl (C=O) groups excluding carboxylic acids is 2. The first-order valence-corrected chi connectivity index (χ1v) is 10.2. The first-order valence-electron chi connectivity index (χ1n) is 10.2. The molecule has 164 valence electrons. The number of para-hydroxylation sites is 1. The minimum absolute atomic E-state index is 0.0626. The minimum Gasteiger partial charge on any atom is -0.496 e. The molecule has 1 unspecified atom stereocenters. The number of hydrogen-bond donors (Lipinski definition) is 2. The maximum absolute atomic E-state index is 13.4. The van der Waals surface area contributed by atoms with Crippen LogP contribution in [0.1, 0.15) is 48.7 Å². The van der Waals surface area contributed by atoms with Gasteiger partial charge in [-0.3, -0.25) is 15.0 Å². The van der Waals surface area contributed by atoms with Gasteiger partial charge in [0, 0.05) is 17.6 Å². The lowest BCUT2D eigenvalue weighted by Crippen LogP contribution is -2.49. The zero-order valence-electron chi connectivity index (χ0n) is 18.1. The molecule has 1 amide bonds. The molecule has 3 N–H and O–H groups in total. The largest absolute Gasteiger partial charge is 0.496 e. The highest BCUT2D eigenvalue weighted by molar-refractivity contribution is 6.01. The number of nitrogens with zero attached hydrogens (tertiary/aromatic N) is 2. The van der Waals surface area contributed by atoms with Crippen molar-refractivity contribution in [2.24, 2.45) is 11.1 Å². The number of nitrogens with two attached hydrogens (primary N) is 1. The van der Waals surface area contributed by atoms with Crippen LogP contribution in [0.15, 0.2) is 69.7 Å². The summed E-state index contributed by atoms with van der Waals surface area (Å²) in [6.45, 7) is 3.97. The molecule has 2 aromatic rings. The summed E-state index contributed by atoms with van der Waals surface area (Å²) in [6, 6.07) is 12.5. The van der Waals surface area contributed by atoms with Gasteiger partial charge in [0.05, 0.1) is 36.6 Å². The molecule has 0 radical (unpaired) electrons. The van der Waals surface area contributed by atoms with Gasteiger partial charge in [0.15, 0.2) is 11.5 Å². The first-order chi connectivity index (χ1) is 15.3. The highest BCUT2D eigenvalue weighted by Crippen LogP contribution is 2.49. The fourth-order valence-electron chi connectivity index (χ4n) is 4.42. The molecule has 0 bridgehead atoms. The van der Waals surface area contributed by atoms with E-state index in [1.165, 1.54) is 24.4 Å². The first kappa shape index (κ1) is 21.2. The number of hydrogen-bond acceptors (Lipinski definition) is 7. The van der Waals surface area contributed by atoms with Crippen molar-refractivity contribution in [1.82, 2.24) is 10.4 Å². The Morgan fingerprint density at radius 2 is 2.03 bits per heavy atom. The van der Waals surface area contributed by atoms with Gasteiger partial charge in [0.25, 0.3) is 0 Å². The van der Waals surface area contributed by atoms with Gasteiger partial charge >= 0.3 is 5.91 Å². The fourth-order valence-corrected chi connectivity index (χ4v) is 4.42. The zero-order chi connectivity index (χ0) is 23.0. The number of allylic oxidation sites excluding steroid dienone is 3. The number of methoxy groups -OCH3 is 1. The van der Waals surface area contributed by atoms with E-state index < -0.39 is 11.8 Å². The molecule has 4 rings (SSSR count). The van der Waals surface area contributed by atoms with Gasteiger partial charge in [0.1, 0.15) is 11.6 Å². The second-order valence-corrected chi connectivity index (χ2v) is 8.64. The van der Waals surface area contributed by atoms with Gasteiger partial charge in [0.2, 0.25) is 0 Å². The maximum atomic E-state index is 13.4. The van der Waals surface area contributed by atoms with E-state index in [0.717, 1.165) is 0 Å². The SMILES string of the molecule is COc1ccccc1C1C(C#N)=C(N)N(NC(=O)c2ccco2)C2=C1C(=O)CC(C)(C)C2. The molecule has 2 heterocycles. The van der Waals surface area contributed by atoms with E-state index in [0.29, 0.717) is 35.4 Å². The second-order valence-electron chi connectivity index (χ2n) is 8.64. The van der Waals surface area contributed by atoms with Crippen molar-refractivity contribution < 1.29 is 18.7 Å². The van der Waals surface area contributed by atoms with Gasteiger partial charge in [-0.2, -0.15) is 5.26 Å². The molecule has 1 aromatic heterocycles. The Bertz CT molecular complexity index is 1180. The van der Waals surface area contributed by atoms with Crippen molar-refractivity contribution in [2.75, 3.05) is 7.11 Å². The number of amides is 1. The highest BCUT2D eigenvalue weighted by Gasteiger charge is 2.45. The van der Waals surface area contributed by atoms with Crippen LogP contribution in [0, 0.1) is 16.7 Å². The topological polar surface area (TPSA) is 122 Å². The Hall–Kier alpha value is -3.99. The van der Waals surface area contributed by atoms with Gasteiger partial charge in [-0.05, 0) is 30.0 Å². The Morgan fingerprint density at radius 3 is 2.69 bits per heavy atom. The molecule has 1 aliphatic carbocycles. The van der Waals surface area contributed by atoms with Gasteiger partial charge < -0.3 is 14.9 Å². The number of carbonyl (C=O) groups is 2. The van der Waals surface area contributed by atoms with E-state index in [9.17, 15) is 14.9 Å². The summed E-state index contributed by atoms with van der Waals surface area (Å²) in [5, 5.41) is 11.4. The van der Waals surface area contributed by atoms with Crippen molar-refractivity contribution in [3.05, 3.63) is 76.6 Å². The number of Topliss-reactive ketones (excluding diaryl/α,β-unsaturated/α-hetero) is 1. The third kappa shape index (κ3) is 3.52. The van der Waals surface area contributed by atoms with E-state index in [2.05, 4.69) is 11.5 Å². The second kappa shape index (κ2) is 7.93. The number of hydrazine groups is 1. The van der Waals surface area contributed by atoms with Crippen molar-refractivity contribution in [2.45, 2.75) is 32.6 Å². The van der Waals surface area contributed by atoms with E-state index in [1.54, 1.807) is 12.1 Å². The molecule has 0 saturated heterocycles. The molecule has 0 saturated carbocycles. The monoisotopic (exact) mass is 432 g/mol. The van der Waals surface area contributed by atoms with Crippen LogP contribution in [0.5, 0.6) is 5.75 Å². The van der Waals surface area contributed by atoms with Crippen LogP contribution in [0.25, 0.3) is 0 Å². The number of nitrogens with one attached hydrogen (secondary N) is 1. The number of furan rings is 1. The summed E-state index contributed by atoms with van der Waals surface area (Å²) in [6.07, 6.45) is 2.19. The van der Waals surface area contributed by atoms with Crippen molar-refractivity contribution in [3.63, 3.8) is 0 Å². The Balaban J connectivity index is 1.91. The quantitative estimate of drug-likeness (QED) is 0.759. The predicted molar refractivity (Wildman–Crippen MR) is 116 cm³/mol. The summed E-state index contributed by atoms with van der Waals surface area (Å²) in [5.41, 5.74) is 10.7. The Morgan fingerprint density at radius 1 is 1.28 bits per heavy atom. The third-order valence-corrected chi connectivity index (χ3v) is 5.79. The fraction of sp³-hybridized carbons (Fsp3) is 0.292. The minimum atomic E-state index is -0.688. The molecule has 1 aromatic carbocycles. The molecule has 0 fully saturated rings. The van der Waals surface area contributed by atoms with Gasteiger partial charge in [-0.15, -0.1) is 0 Å².